The molecular formula is C22H26ClN3O3. The Bertz CT molecular complexity index is 885. The molecule has 2 unspecified atom stereocenters. The molecule has 3 rings (SSSR count). The van der Waals surface area contributed by atoms with E-state index in [4.69, 9.17) is 17.3 Å². The van der Waals surface area contributed by atoms with Crippen molar-refractivity contribution >= 4 is 29.1 Å². The van der Waals surface area contributed by atoms with Crippen LogP contribution in [-0.2, 0) is 11.4 Å². The summed E-state index contributed by atoms with van der Waals surface area (Å²) >= 11 is 5.95. The van der Waals surface area contributed by atoms with Crippen molar-refractivity contribution in [1.82, 2.24) is 5.32 Å². The zero-order valence-electron chi connectivity index (χ0n) is 16.4. The number of hydrogen-bond acceptors (Lipinski definition) is 4. The fourth-order valence-electron chi connectivity index (χ4n) is 3.79. The van der Waals surface area contributed by atoms with E-state index in [1.165, 1.54) is 0 Å². The maximum Gasteiger partial charge on any atom is 0.258 e. The Morgan fingerprint density at radius 3 is 2.59 bits per heavy atom. The van der Waals surface area contributed by atoms with Crippen molar-refractivity contribution in [1.29, 1.82) is 0 Å². The number of nitrogens with two attached hydrogens (primary N) is 1. The molecule has 0 aliphatic carbocycles. The number of benzene rings is 2. The lowest BCUT2D eigenvalue weighted by atomic mass is 9.91. The number of carbonyl (C=O) groups excluding carboxylic acids is 2. The lowest BCUT2D eigenvalue weighted by Crippen LogP contribution is -2.38. The first-order valence-electron chi connectivity index (χ1n) is 9.75. The second-order valence-electron chi connectivity index (χ2n) is 7.28. The highest BCUT2D eigenvalue weighted by Gasteiger charge is 2.40. The molecule has 7 heteroatoms. The van der Waals surface area contributed by atoms with Gasteiger partial charge < -0.3 is 21.1 Å². The molecule has 2 amide bonds. The number of fused-ring (bicyclic) bond motifs is 1. The number of aliphatic hydroxyl groups is 1. The third kappa shape index (κ3) is 4.61. The molecule has 0 aromatic heterocycles. The Labute approximate surface area is 175 Å². The minimum atomic E-state index is -0.206. The van der Waals surface area contributed by atoms with Gasteiger partial charge in [-0.15, -0.1) is 0 Å². The Morgan fingerprint density at radius 2 is 1.93 bits per heavy atom. The second kappa shape index (κ2) is 9.39. The molecule has 6 nitrogen and oxygen atoms in total. The molecule has 0 spiro atoms. The summed E-state index contributed by atoms with van der Waals surface area (Å²) in [5, 5.41) is 13.0. The van der Waals surface area contributed by atoms with E-state index in [0.717, 1.165) is 23.2 Å². The van der Waals surface area contributed by atoms with Crippen LogP contribution < -0.4 is 16.0 Å². The maximum atomic E-state index is 13.2. The molecule has 4 N–H and O–H groups in total. The van der Waals surface area contributed by atoms with E-state index < -0.39 is 0 Å². The second-order valence-corrected chi connectivity index (χ2v) is 7.71. The minimum absolute atomic E-state index is 0.0727. The monoisotopic (exact) mass is 415 g/mol. The standard InChI is InChI=1S/C22H26ClN3O3/c1-14-18(12-21(28)25-10-2-9-24)19-11-15(13-27)3-8-20(19)26(14)22(29)16-4-6-17(23)7-5-16/h3-8,11,14,18,27H,2,9-10,12-13,24H2,1H3,(H,25,28). The summed E-state index contributed by atoms with van der Waals surface area (Å²) in [5.41, 5.74) is 8.45. The zero-order valence-corrected chi connectivity index (χ0v) is 17.2. The van der Waals surface area contributed by atoms with Gasteiger partial charge in [0.25, 0.3) is 5.91 Å². The van der Waals surface area contributed by atoms with E-state index in [9.17, 15) is 14.7 Å². The van der Waals surface area contributed by atoms with Crippen LogP contribution in [0.2, 0.25) is 5.02 Å². The third-order valence-corrected chi connectivity index (χ3v) is 5.59. The quantitative estimate of drug-likeness (QED) is 0.606. The van der Waals surface area contributed by atoms with Gasteiger partial charge in [-0.3, -0.25) is 9.59 Å². The van der Waals surface area contributed by atoms with Gasteiger partial charge in [0.1, 0.15) is 0 Å². The highest BCUT2D eigenvalue weighted by molar-refractivity contribution is 6.30. The van der Waals surface area contributed by atoms with Crippen LogP contribution in [0.5, 0.6) is 0 Å². The van der Waals surface area contributed by atoms with Crippen molar-refractivity contribution in [3.8, 4) is 0 Å². The molecule has 2 aromatic rings. The lowest BCUT2D eigenvalue weighted by Gasteiger charge is -2.25. The van der Waals surface area contributed by atoms with Gasteiger partial charge in [-0.25, -0.2) is 0 Å². The highest BCUT2D eigenvalue weighted by Crippen LogP contribution is 2.44. The normalized spacial score (nSPS) is 17.9. The van der Waals surface area contributed by atoms with Crippen LogP contribution in [0, 0.1) is 0 Å². The van der Waals surface area contributed by atoms with Crippen molar-refractivity contribution in [3.63, 3.8) is 0 Å². The molecule has 1 aliphatic heterocycles. The molecule has 0 saturated carbocycles. The number of nitrogens with zero attached hydrogens (tertiary/aromatic N) is 1. The van der Waals surface area contributed by atoms with Gasteiger partial charge in [0.15, 0.2) is 0 Å². The predicted octanol–water partition coefficient (Wildman–Crippen LogP) is 2.82. The minimum Gasteiger partial charge on any atom is -0.392 e. The largest absolute Gasteiger partial charge is 0.392 e. The Kier molecular flexibility index (Phi) is 6.90. The number of carbonyl (C=O) groups is 2. The van der Waals surface area contributed by atoms with Crippen LogP contribution >= 0.6 is 11.6 Å². The van der Waals surface area contributed by atoms with Crippen molar-refractivity contribution in [3.05, 3.63) is 64.2 Å². The van der Waals surface area contributed by atoms with Gasteiger partial charge in [0.05, 0.1) is 6.61 Å². The third-order valence-electron chi connectivity index (χ3n) is 5.34. The van der Waals surface area contributed by atoms with Crippen molar-refractivity contribution < 1.29 is 14.7 Å². The SMILES string of the molecule is CC1C(CC(=O)NCCCN)c2cc(CO)ccc2N1C(=O)c1ccc(Cl)cc1. The molecule has 0 fully saturated rings. The van der Waals surface area contributed by atoms with E-state index >= 15 is 0 Å². The number of anilines is 1. The smallest absolute Gasteiger partial charge is 0.258 e. The maximum absolute atomic E-state index is 13.2. The van der Waals surface area contributed by atoms with Crippen LogP contribution in [0.25, 0.3) is 0 Å². The Hall–Kier alpha value is -2.41. The van der Waals surface area contributed by atoms with Crippen molar-refractivity contribution in [2.75, 3.05) is 18.0 Å². The number of rotatable bonds is 7. The molecule has 29 heavy (non-hydrogen) atoms. The topological polar surface area (TPSA) is 95.7 Å². The Balaban J connectivity index is 1.90. The van der Waals surface area contributed by atoms with Crippen molar-refractivity contribution in [2.24, 2.45) is 5.73 Å². The molecular weight excluding hydrogens is 390 g/mol. The lowest BCUT2D eigenvalue weighted by molar-refractivity contribution is -0.121. The molecule has 1 heterocycles. The van der Waals surface area contributed by atoms with Crippen LogP contribution in [0.1, 0.15) is 47.2 Å². The number of amides is 2. The van der Waals surface area contributed by atoms with Crippen molar-refractivity contribution in [2.45, 2.75) is 38.3 Å². The Morgan fingerprint density at radius 1 is 1.21 bits per heavy atom. The van der Waals surface area contributed by atoms with Gasteiger partial charge >= 0.3 is 0 Å². The highest BCUT2D eigenvalue weighted by atomic mass is 35.5. The van der Waals surface area contributed by atoms with Crippen LogP contribution in [0.15, 0.2) is 42.5 Å². The summed E-state index contributed by atoms with van der Waals surface area (Å²) in [6.07, 6.45) is 0.983. The average molecular weight is 416 g/mol. The molecule has 154 valence electrons. The summed E-state index contributed by atoms with van der Waals surface area (Å²) < 4.78 is 0. The molecule has 0 saturated heterocycles. The van der Waals surface area contributed by atoms with Gasteiger partial charge in [0.2, 0.25) is 5.91 Å². The number of nitrogens with one attached hydrogen (secondary N) is 1. The van der Waals surface area contributed by atoms with Gasteiger partial charge in [-0.2, -0.15) is 0 Å². The number of halogens is 1. The van der Waals surface area contributed by atoms with E-state index in [1.807, 2.05) is 19.1 Å². The summed E-state index contributed by atoms with van der Waals surface area (Å²) in [5.74, 6) is -0.375. The van der Waals surface area contributed by atoms with Crippen LogP contribution in [0.3, 0.4) is 0 Å². The molecule has 1 aliphatic rings. The summed E-state index contributed by atoms with van der Waals surface area (Å²) in [6, 6.07) is 12.1. The number of aliphatic hydroxyl groups excluding tert-OH is 1. The van der Waals surface area contributed by atoms with Crippen LogP contribution in [0.4, 0.5) is 5.69 Å². The molecule has 0 radical (unpaired) electrons. The first-order chi connectivity index (χ1) is 14.0. The molecule has 2 atom stereocenters. The summed E-state index contributed by atoms with van der Waals surface area (Å²) in [7, 11) is 0. The fraction of sp³-hybridized carbons (Fsp3) is 0.364. The van der Waals surface area contributed by atoms with Gasteiger partial charge in [-0.05, 0) is 61.3 Å². The average Bonchev–Trinajstić information content (AvgIpc) is 2.99. The van der Waals surface area contributed by atoms with Gasteiger partial charge in [-0.1, -0.05) is 23.7 Å². The summed E-state index contributed by atoms with van der Waals surface area (Å²) in [4.78, 5) is 27.4. The summed E-state index contributed by atoms with van der Waals surface area (Å²) in [6.45, 7) is 2.91. The zero-order chi connectivity index (χ0) is 21.0. The predicted molar refractivity (Wildman–Crippen MR) is 114 cm³/mol. The van der Waals surface area contributed by atoms with E-state index in [1.54, 1.807) is 35.2 Å². The van der Waals surface area contributed by atoms with E-state index in [0.29, 0.717) is 23.7 Å². The fourth-order valence-corrected chi connectivity index (χ4v) is 3.91. The van der Waals surface area contributed by atoms with Gasteiger partial charge in [0, 0.05) is 41.2 Å². The first kappa shape index (κ1) is 21.3. The molecule has 2 aromatic carbocycles. The van der Waals surface area contributed by atoms with E-state index in [2.05, 4.69) is 5.32 Å². The molecule has 0 bridgehead atoms. The van der Waals surface area contributed by atoms with Crippen LogP contribution in [-0.4, -0.2) is 36.1 Å². The van der Waals surface area contributed by atoms with E-state index in [-0.39, 0.29) is 36.8 Å². The number of hydrogen-bond donors (Lipinski definition) is 3. The first-order valence-corrected chi connectivity index (χ1v) is 10.1.